The van der Waals surface area contributed by atoms with Gasteiger partial charge in [0.05, 0.1) is 11.9 Å². The zero-order valence-electron chi connectivity index (χ0n) is 19.6. The van der Waals surface area contributed by atoms with Crippen LogP contribution in [0.5, 0.6) is 0 Å². The summed E-state index contributed by atoms with van der Waals surface area (Å²) in [5.41, 5.74) is 1.53. The summed E-state index contributed by atoms with van der Waals surface area (Å²) in [5.74, 6) is 0.486. The average Bonchev–Trinajstić information content (AvgIpc) is 3.07. The molecule has 0 aliphatic heterocycles. The van der Waals surface area contributed by atoms with Crippen molar-refractivity contribution >= 4 is 5.78 Å². The second-order valence-electron chi connectivity index (χ2n) is 10.1. The van der Waals surface area contributed by atoms with Crippen molar-refractivity contribution in [2.45, 2.75) is 74.3 Å². The van der Waals surface area contributed by atoms with Crippen LogP contribution in [0.4, 0.5) is 0 Å². The molecule has 1 aromatic heterocycles. The predicted molar refractivity (Wildman–Crippen MR) is 119 cm³/mol. The number of hydrogen-bond donors (Lipinski definition) is 0. The molecular weight excluding hydrogens is 348 g/mol. The van der Waals surface area contributed by atoms with Crippen LogP contribution in [0.15, 0.2) is 53.1 Å². The van der Waals surface area contributed by atoms with Gasteiger partial charge < -0.3 is 9.15 Å². The number of hydrogen-bond acceptors (Lipinski definition) is 3. The fourth-order valence-corrected chi connectivity index (χ4v) is 1.99. The minimum Gasteiger partial charge on any atom is -0.461 e. The van der Waals surface area contributed by atoms with Gasteiger partial charge in [-0.3, -0.25) is 4.79 Å². The molecule has 3 heteroatoms. The van der Waals surface area contributed by atoms with Crippen molar-refractivity contribution in [2.24, 2.45) is 10.8 Å². The number of ether oxygens (including phenoxy) is 1. The zero-order valence-corrected chi connectivity index (χ0v) is 19.6. The molecule has 0 fully saturated rings. The monoisotopic (exact) mass is 388 g/mol. The number of ketones is 1. The molecule has 0 atom stereocenters. The van der Waals surface area contributed by atoms with Crippen molar-refractivity contribution < 1.29 is 13.9 Å². The smallest absolute Gasteiger partial charge is 0.203 e. The van der Waals surface area contributed by atoms with Crippen LogP contribution in [0.25, 0.3) is 0 Å². The highest BCUT2D eigenvalue weighted by atomic mass is 16.5. The fraction of sp³-hybridized carbons (Fsp3) is 0.560. The first-order valence-corrected chi connectivity index (χ1v) is 9.83. The fourth-order valence-electron chi connectivity index (χ4n) is 1.99. The first-order valence-electron chi connectivity index (χ1n) is 9.83. The van der Waals surface area contributed by atoms with E-state index in [-0.39, 0.29) is 16.8 Å². The molecule has 1 heterocycles. The quantitative estimate of drug-likeness (QED) is 0.510. The van der Waals surface area contributed by atoms with Crippen LogP contribution in [0.3, 0.4) is 0 Å². The summed E-state index contributed by atoms with van der Waals surface area (Å²) in [5, 5.41) is 0. The van der Waals surface area contributed by atoms with Gasteiger partial charge in [0.2, 0.25) is 5.78 Å². The number of carbonyl (C=O) groups is 1. The minimum atomic E-state index is -0.349. The Bertz CT molecular complexity index is 649. The van der Waals surface area contributed by atoms with E-state index in [1.54, 1.807) is 19.2 Å². The lowest BCUT2D eigenvalue weighted by Crippen LogP contribution is -2.19. The molecule has 0 saturated heterocycles. The summed E-state index contributed by atoms with van der Waals surface area (Å²) in [7, 11) is 1.71. The van der Waals surface area contributed by atoms with Crippen LogP contribution in [-0.2, 0) is 11.2 Å². The molecule has 0 radical (unpaired) electrons. The van der Waals surface area contributed by atoms with Gasteiger partial charge in [-0.25, -0.2) is 0 Å². The first kappa shape index (κ1) is 26.1. The average molecular weight is 389 g/mol. The van der Waals surface area contributed by atoms with Crippen molar-refractivity contribution in [2.75, 3.05) is 7.11 Å². The maximum absolute atomic E-state index is 11.4. The first-order chi connectivity index (χ1) is 12.7. The molecule has 0 bridgehead atoms. The number of carbonyl (C=O) groups excluding carboxylic acids is 1. The van der Waals surface area contributed by atoms with Crippen molar-refractivity contribution in [1.82, 2.24) is 0 Å². The van der Waals surface area contributed by atoms with E-state index in [1.807, 2.05) is 41.5 Å². The number of Topliss-reactive ketones (excluding diaryl/α,β-unsaturated/α-hetero) is 1. The van der Waals surface area contributed by atoms with E-state index < -0.39 is 0 Å². The third kappa shape index (κ3) is 13.3. The Balaban J connectivity index is 0.000000411. The van der Waals surface area contributed by atoms with E-state index in [4.69, 9.17) is 9.15 Å². The second kappa shape index (κ2) is 11.2. The molecule has 0 unspecified atom stereocenters. The number of benzene rings is 1. The summed E-state index contributed by atoms with van der Waals surface area (Å²) in [6.45, 7) is 18.5. The van der Waals surface area contributed by atoms with Gasteiger partial charge in [0.15, 0.2) is 5.76 Å². The normalized spacial score (nSPS) is 11.6. The Labute approximate surface area is 172 Å². The summed E-state index contributed by atoms with van der Waals surface area (Å²) in [6.07, 6.45) is 2.67. The van der Waals surface area contributed by atoms with Crippen LogP contribution in [0.1, 0.15) is 78.4 Å². The van der Waals surface area contributed by atoms with Crippen LogP contribution in [0, 0.1) is 10.8 Å². The molecular formula is C25H40O3. The van der Waals surface area contributed by atoms with Gasteiger partial charge in [-0.05, 0) is 50.3 Å². The lowest BCUT2D eigenvalue weighted by Gasteiger charge is -2.17. The van der Waals surface area contributed by atoms with Crippen LogP contribution in [-0.4, -0.2) is 18.5 Å². The SMILES string of the molecule is CC(C)(C)C(=O)c1ccco1.CC(C)(C)Cc1ccccc1.COC(C)(C)C. The van der Waals surface area contributed by atoms with Gasteiger partial charge in [0.1, 0.15) is 0 Å². The van der Waals surface area contributed by atoms with Gasteiger partial charge in [0, 0.05) is 12.5 Å². The minimum absolute atomic E-state index is 0.0417. The van der Waals surface area contributed by atoms with Crippen molar-refractivity contribution in [3.63, 3.8) is 0 Å². The summed E-state index contributed by atoms with van der Waals surface area (Å²) < 4.78 is 9.91. The van der Waals surface area contributed by atoms with Crippen molar-refractivity contribution in [3.05, 3.63) is 60.1 Å². The van der Waals surface area contributed by atoms with Gasteiger partial charge in [-0.2, -0.15) is 0 Å². The molecule has 0 N–H and O–H groups in total. The molecule has 0 saturated carbocycles. The summed E-state index contributed by atoms with van der Waals surface area (Å²) in [4.78, 5) is 11.4. The van der Waals surface area contributed by atoms with Gasteiger partial charge in [-0.1, -0.05) is 71.9 Å². The molecule has 3 nitrogen and oxygen atoms in total. The highest BCUT2D eigenvalue weighted by Crippen LogP contribution is 2.21. The van der Waals surface area contributed by atoms with E-state index in [9.17, 15) is 4.79 Å². The topological polar surface area (TPSA) is 39.4 Å². The zero-order chi connectivity index (χ0) is 22.0. The molecule has 2 rings (SSSR count). The van der Waals surface area contributed by atoms with Crippen LogP contribution >= 0.6 is 0 Å². The highest BCUT2D eigenvalue weighted by Gasteiger charge is 2.24. The van der Waals surface area contributed by atoms with Gasteiger partial charge in [-0.15, -0.1) is 0 Å². The molecule has 2 aromatic rings. The van der Waals surface area contributed by atoms with E-state index in [0.717, 1.165) is 6.42 Å². The van der Waals surface area contributed by atoms with E-state index in [1.165, 1.54) is 11.8 Å². The van der Waals surface area contributed by atoms with E-state index in [0.29, 0.717) is 11.2 Å². The van der Waals surface area contributed by atoms with Gasteiger partial charge >= 0.3 is 0 Å². The molecule has 0 aliphatic rings. The number of methoxy groups -OCH3 is 1. The molecule has 0 amide bonds. The molecule has 1 aromatic carbocycles. The maximum Gasteiger partial charge on any atom is 0.203 e. The lowest BCUT2D eigenvalue weighted by molar-refractivity contribution is 0.0397. The number of rotatable bonds is 2. The van der Waals surface area contributed by atoms with E-state index in [2.05, 4.69) is 51.1 Å². The molecule has 158 valence electrons. The van der Waals surface area contributed by atoms with Crippen LogP contribution < -0.4 is 0 Å². The molecule has 0 spiro atoms. The second-order valence-corrected chi connectivity index (χ2v) is 10.1. The van der Waals surface area contributed by atoms with Crippen molar-refractivity contribution in [3.8, 4) is 0 Å². The standard InChI is InChI=1S/C11H16.C9H12O2.C5H12O/c1-11(2,3)9-10-7-5-4-6-8-10;1-9(2,3)8(10)7-5-4-6-11-7;1-5(2,3)6-4/h4-8H,9H2,1-3H3;4-6H,1-3H3;1-4H3. The largest absolute Gasteiger partial charge is 0.461 e. The Hall–Kier alpha value is -1.87. The highest BCUT2D eigenvalue weighted by molar-refractivity contribution is 5.97. The third-order valence-corrected chi connectivity index (χ3v) is 3.62. The number of furan rings is 1. The third-order valence-electron chi connectivity index (χ3n) is 3.62. The van der Waals surface area contributed by atoms with Gasteiger partial charge in [0.25, 0.3) is 0 Å². The Morgan fingerprint density at radius 1 is 0.857 bits per heavy atom. The lowest BCUT2D eigenvalue weighted by atomic mass is 9.88. The van der Waals surface area contributed by atoms with Crippen LogP contribution in [0.2, 0.25) is 0 Å². The Morgan fingerprint density at radius 3 is 1.68 bits per heavy atom. The molecule has 28 heavy (non-hydrogen) atoms. The molecule has 0 aliphatic carbocycles. The predicted octanol–water partition coefficient (Wildman–Crippen LogP) is 7.21. The van der Waals surface area contributed by atoms with E-state index >= 15 is 0 Å². The summed E-state index contributed by atoms with van der Waals surface area (Å²) in [6, 6.07) is 14.0. The summed E-state index contributed by atoms with van der Waals surface area (Å²) >= 11 is 0. The Kier molecular flexibility index (Phi) is 10.5. The maximum atomic E-state index is 11.4. The Morgan fingerprint density at radius 2 is 1.36 bits per heavy atom. The van der Waals surface area contributed by atoms with Crippen molar-refractivity contribution in [1.29, 1.82) is 0 Å².